The van der Waals surface area contributed by atoms with Gasteiger partial charge in [0.25, 0.3) is 0 Å². The molecule has 0 bridgehead atoms. The molecule has 0 spiro atoms. The number of nitrogens with one attached hydrogen (secondary N) is 2. The maximum Gasteiger partial charge on any atom is 0.224 e. The average molecular weight is 401 g/mol. The maximum atomic E-state index is 12.0. The number of carbonyl (C=O) groups excluding carboxylic acids is 1. The van der Waals surface area contributed by atoms with Gasteiger partial charge in [0.05, 0.1) is 12.7 Å². The Bertz CT molecular complexity index is 685. The van der Waals surface area contributed by atoms with Crippen molar-refractivity contribution in [1.29, 1.82) is 0 Å². The van der Waals surface area contributed by atoms with Crippen LogP contribution in [0.2, 0.25) is 0 Å². The second kappa shape index (κ2) is 13.1. The minimum Gasteiger partial charge on any atom is -0.379 e. The van der Waals surface area contributed by atoms with Crippen molar-refractivity contribution in [3.63, 3.8) is 0 Å². The van der Waals surface area contributed by atoms with Gasteiger partial charge in [0.15, 0.2) is 0 Å². The third kappa shape index (κ3) is 9.24. The molecule has 6 nitrogen and oxygen atoms in total. The van der Waals surface area contributed by atoms with E-state index in [0.717, 1.165) is 25.1 Å². The summed E-state index contributed by atoms with van der Waals surface area (Å²) in [6.07, 6.45) is 10.6. The van der Waals surface area contributed by atoms with Gasteiger partial charge in [0.1, 0.15) is 6.23 Å². The van der Waals surface area contributed by atoms with Crippen LogP contribution in [0.5, 0.6) is 0 Å². The molecule has 29 heavy (non-hydrogen) atoms. The van der Waals surface area contributed by atoms with Gasteiger partial charge in [-0.2, -0.15) is 0 Å². The zero-order valence-electron chi connectivity index (χ0n) is 17.8. The molecule has 1 aromatic heterocycles. The van der Waals surface area contributed by atoms with Crippen molar-refractivity contribution in [2.24, 2.45) is 0 Å². The highest BCUT2D eigenvalue weighted by atomic mass is 16.3. The molecule has 1 heterocycles. The zero-order valence-corrected chi connectivity index (χ0v) is 17.8. The first kappa shape index (κ1) is 23.1. The summed E-state index contributed by atoms with van der Waals surface area (Å²) >= 11 is 0. The van der Waals surface area contributed by atoms with Crippen LogP contribution in [-0.4, -0.2) is 39.9 Å². The van der Waals surface area contributed by atoms with Crippen LogP contribution in [0.25, 0.3) is 0 Å². The second-order valence-electron chi connectivity index (χ2n) is 7.74. The van der Waals surface area contributed by atoms with Crippen LogP contribution >= 0.6 is 0 Å². The summed E-state index contributed by atoms with van der Waals surface area (Å²) in [5, 5.41) is 16.3. The topological polar surface area (TPSA) is 79.2 Å². The monoisotopic (exact) mass is 400 g/mol. The molecule has 2 unspecified atom stereocenters. The first-order valence-electron chi connectivity index (χ1n) is 10.8. The van der Waals surface area contributed by atoms with E-state index in [0.29, 0.717) is 19.4 Å². The number of aliphatic hydroxyl groups is 1. The van der Waals surface area contributed by atoms with E-state index >= 15 is 0 Å². The average Bonchev–Trinajstić information content (AvgIpc) is 3.24. The molecule has 3 N–H and O–H groups in total. The minimum absolute atomic E-state index is 0.0879. The molecule has 0 aliphatic heterocycles. The molecule has 0 fully saturated rings. The molecule has 0 aliphatic carbocycles. The number of hydrogen-bond acceptors (Lipinski definition) is 4. The number of hydrogen-bond donors (Lipinski definition) is 3. The van der Waals surface area contributed by atoms with Crippen LogP contribution in [-0.2, 0) is 17.8 Å². The van der Waals surface area contributed by atoms with Gasteiger partial charge in [-0.05, 0) is 23.5 Å². The summed E-state index contributed by atoms with van der Waals surface area (Å²) in [4.78, 5) is 16.0. The van der Waals surface area contributed by atoms with Crippen LogP contribution < -0.4 is 10.6 Å². The predicted octanol–water partition coefficient (Wildman–Crippen LogP) is 3.22. The Balaban J connectivity index is 1.66. The van der Waals surface area contributed by atoms with Crippen molar-refractivity contribution in [2.45, 2.75) is 71.1 Å². The lowest BCUT2D eigenvalue weighted by molar-refractivity contribution is -0.120. The maximum absolute atomic E-state index is 12.0. The number of aryl methyl sites for hydroxylation is 1. The summed E-state index contributed by atoms with van der Waals surface area (Å²) < 4.78 is 1.95. The number of aliphatic hydroxyl groups excluding tert-OH is 1. The lowest BCUT2D eigenvalue weighted by Crippen LogP contribution is -2.32. The number of nitrogens with zero attached hydrogens (tertiary/aromatic N) is 2. The Morgan fingerprint density at radius 2 is 2.00 bits per heavy atom. The van der Waals surface area contributed by atoms with Crippen molar-refractivity contribution in [3.8, 4) is 0 Å². The summed E-state index contributed by atoms with van der Waals surface area (Å²) in [7, 11) is 0. The summed E-state index contributed by atoms with van der Waals surface area (Å²) in [6, 6.07) is 8.21. The van der Waals surface area contributed by atoms with E-state index in [9.17, 15) is 9.90 Å². The number of imidazole rings is 1. The van der Waals surface area contributed by atoms with Crippen LogP contribution in [0.1, 0.15) is 63.0 Å². The number of benzene rings is 1. The van der Waals surface area contributed by atoms with E-state index in [4.69, 9.17) is 0 Å². The third-order valence-electron chi connectivity index (χ3n) is 5.15. The van der Waals surface area contributed by atoms with E-state index in [-0.39, 0.29) is 11.8 Å². The van der Waals surface area contributed by atoms with Crippen molar-refractivity contribution in [2.75, 3.05) is 13.1 Å². The van der Waals surface area contributed by atoms with Gasteiger partial charge < -0.3 is 15.0 Å². The van der Waals surface area contributed by atoms with Gasteiger partial charge in [-0.15, -0.1) is 0 Å². The predicted molar refractivity (Wildman–Crippen MR) is 117 cm³/mol. The van der Waals surface area contributed by atoms with Crippen LogP contribution in [0, 0.1) is 0 Å². The van der Waals surface area contributed by atoms with Crippen molar-refractivity contribution in [1.82, 2.24) is 20.2 Å². The molecule has 0 radical (unpaired) electrons. The van der Waals surface area contributed by atoms with Crippen LogP contribution in [0.3, 0.4) is 0 Å². The lowest BCUT2D eigenvalue weighted by Gasteiger charge is -2.18. The molecule has 0 aliphatic rings. The van der Waals surface area contributed by atoms with E-state index in [1.165, 1.54) is 24.8 Å². The van der Waals surface area contributed by atoms with Crippen molar-refractivity contribution < 1.29 is 9.90 Å². The molecule has 2 rings (SSSR count). The Morgan fingerprint density at radius 3 is 2.69 bits per heavy atom. The Hall–Kier alpha value is -2.18. The lowest BCUT2D eigenvalue weighted by atomic mass is 9.99. The largest absolute Gasteiger partial charge is 0.379 e. The summed E-state index contributed by atoms with van der Waals surface area (Å²) in [5.74, 6) is 0.365. The Kier molecular flexibility index (Phi) is 10.5. The molecule has 1 aromatic carbocycles. The first-order valence-corrected chi connectivity index (χ1v) is 10.8. The van der Waals surface area contributed by atoms with Gasteiger partial charge in [0.2, 0.25) is 5.91 Å². The second-order valence-corrected chi connectivity index (χ2v) is 7.74. The molecule has 2 atom stereocenters. The van der Waals surface area contributed by atoms with Gasteiger partial charge >= 0.3 is 0 Å². The minimum atomic E-state index is -0.542. The van der Waals surface area contributed by atoms with Crippen LogP contribution in [0.4, 0.5) is 0 Å². The molecule has 0 saturated heterocycles. The normalized spacial score (nSPS) is 13.2. The SMILES string of the molecule is CCCCCCNC(=O)Cc1ccc(C(C)CNC(O)CCn2ccnc2)cc1. The molecule has 1 amide bonds. The Labute approximate surface area is 174 Å². The van der Waals surface area contributed by atoms with E-state index in [1.54, 1.807) is 12.5 Å². The van der Waals surface area contributed by atoms with Gasteiger partial charge in [-0.1, -0.05) is 57.4 Å². The highest BCUT2D eigenvalue weighted by molar-refractivity contribution is 5.78. The molecular weight excluding hydrogens is 364 g/mol. The van der Waals surface area contributed by atoms with Gasteiger partial charge in [-0.3, -0.25) is 10.1 Å². The number of amides is 1. The zero-order chi connectivity index (χ0) is 20.9. The molecular formula is C23H36N4O2. The molecule has 0 saturated carbocycles. The number of carbonyl (C=O) groups is 1. The number of rotatable bonds is 14. The summed E-state index contributed by atoms with van der Waals surface area (Å²) in [6.45, 7) is 6.52. The number of unbranched alkanes of at least 4 members (excludes halogenated alkanes) is 3. The van der Waals surface area contributed by atoms with Crippen LogP contribution in [0.15, 0.2) is 43.0 Å². The third-order valence-corrected chi connectivity index (χ3v) is 5.15. The van der Waals surface area contributed by atoms with Crippen molar-refractivity contribution in [3.05, 3.63) is 54.1 Å². The highest BCUT2D eigenvalue weighted by Crippen LogP contribution is 2.16. The first-order chi connectivity index (χ1) is 14.1. The van der Waals surface area contributed by atoms with E-state index in [2.05, 4.69) is 41.6 Å². The van der Waals surface area contributed by atoms with E-state index in [1.807, 2.05) is 22.9 Å². The van der Waals surface area contributed by atoms with Gasteiger partial charge in [-0.25, -0.2) is 4.98 Å². The molecule has 2 aromatic rings. The fraction of sp³-hybridized carbons (Fsp3) is 0.565. The fourth-order valence-electron chi connectivity index (χ4n) is 3.21. The molecule has 160 valence electrons. The quantitative estimate of drug-likeness (QED) is 0.336. The smallest absolute Gasteiger partial charge is 0.224 e. The fourth-order valence-corrected chi connectivity index (χ4v) is 3.21. The van der Waals surface area contributed by atoms with Crippen molar-refractivity contribution >= 4 is 5.91 Å². The van der Waals surface area contributed by atoms with Gasteiger partial charge in [0, 0.05) is 38.4 Å². The summed E-state index contributed by atoms with van der Waals surface area (Å²) in [5.41, 5.74) is 2.23. The Morgan fingerprint density at radius 1 is 1.21 bits per heavy atom. The standard InChI is InChI=1S/C23H36N4O2/c1-3-4-5-6-12-25-23(29)16-20-7-9-21(10-8-20)19(2)17-26-22(28)11-14-27-15-13-24-18-27/h7-10,13,15,18-19,22,26,28H,3-6,11-12,14,16-17H2,1-2H3,(H,25,29). The molecule has 6 heteroatoms. The highest BCUT2D eigenvalue weighted by Gasteiger charge is 2.10. The number of aromatic nitrogens is 2. The van der Waals surface area contributed by atoms with E-state index < -0.39 is 6.23 Å².